The molecule has 2 amide bonds. The number of rotatable bonds is 7. The maximum absolute atomic E-state index is 12.7. The second kappa shape index (κ2) is 9.69. The van der Waals surface area contributed by atoms with Crippen molar-refractivity contribution in [1.82, 2.24) is 10.3 Å². The highest BCUT2D eigenvalue weighted by Crippen LogP contribution is 2.30. The molecule has 0 aliphatic carbocycles. The van der Waals surface area contributed by atoms with Gasteiger partial charge in [0.15, 0.2) is 0 Å². The Hall–Kier alpha value is -2.97. The molecule has 1 fully saturated rings. The largest absolute Gasteiger partial charge is 0.494 e. The Balaban J connectivity index is 1.46. The summed E-state index contributed by atoms with van der Waals surface area (Å²) in [4.78, 5) is 18.0. The van der Waals surface area contributed by atoms with E-state index in [-0.39, 0.29) is 12.1 Å². The van der Waals surface area contributed by atoms with Crippen LogP contribution < -0.4 is 20.3 Å². The van der Waals surface area contributed by atoms with E-state index in [9.17, 15) is 18.0 Å². The number of halogens is 3. The summed E-state index contributed by atoms with van der Waals surface area (Å²) in [6.07, 6.45) is -0.840. The number of hydrogen-bond donors (Lipinski definition) is 2. The van der Waals surface area contributed by atoms with E-state index >= 15 is 0 Å². The van der Waals surface area contributed by atoms with Crippen LogP contribution >= 0.6 is 0 Å². The van der Waals surface area contributed by atoms with Crippen LogP contribution in [0.5, 0.6) is 5.75 Å². The number of amides is 2. The molecular weight excluding hydrogens is 397 g/mol. The summed E-state index contributed by atoms with van der Waals surface area (Å²) < 4.78 is 43.6. The Morgan fingerprint density at radius 3 is 2.63 bits per heavy atom. The Labute approximate surface area is 173 Å². The topological polar surface area (TPSA) is 66.5 Å². The van der Waals surface area contributed by atoms with E-state index in [4.69, 9.17) is 4.74 Å². The molecule has 3 rings (SSSR count). The van der Waals surface area contributed by atoms with Gasteiger partial charge in [-0.2, -0.15) is 13.2 Å². The van der Waals surface area contributed by atoms with Crippen molar-refractivity contribution in [2.45, 2.75) is 38.4 Å². The van der Waals surface area contributed by atoms with Gasteiger partial charge in [0, 0.05) is 31.0 Å². The van der Waals surface area contributed by atoms with E-state index in [1.165, 1.54) is 6.07 Å². The van der Waals surface area contributed by atoms with Crippen molar-refractivity contribution < 1.29 is 22.7 Å². The molecule has 0 bridgehead atoms. The number of carbonyl (C=O) groups is 1. The predicted molar refractivity (Wildman–Crippen MR) is 109 cm³/mol. The smallest absolute Gasteiger partial charge is 0.417 e. The van der Waals surface area contributed by atoms with E-state index in [1.54, 1.807) is 24.3 Å². The zero-order chi connectivity index (χ0) is 21.6. The first kappa shape index (κ1) is 21.7. The molecule has 2 heterocycles. The van der Waals surface area contributed by atoms with E-state index in [1.807, 2.05) is 4.90 Å². The number of nitrogens with zero attached hydrogens (tertiary/aromatic N) is 2. The summed E-state index contributed by atoms with van der Waals surface area (Å²) in [5.74, 6) is 1.22. The van der Waals surface area contributed by atoms with Gasteiger partial charge in [-0.3, -0.25) is 0 Å². The Morgan fingerprint density at radius 1 is 1.23 bits per heavy atom. The minimum Gasteiger partial charge on any atom is -0.494 e. The van der Waals surface area contributed by atoms with Gasteiger partial charge >= 0.3 is 12.2 Å². The fourth-order valence-corrected chi connectivity index (χ4v) is 3.15. The third-order valence-corrected chi connectivity index (χ3v) is 4.80. The summed E-state index contributed by atoms with van der Waals surface area (Å²) in [6, 6.07) is 9.08. The molecule has 0 saturated carbocycles. The molecule has 1 aromatic heterocycles. The van der Waals surface area contributed by atoms with Crippen molar-refractivity contribution in [3.63, 3.8) is 0 Å². The monoisotopic (exact) mass is 422 g/mol. The Bertz CT molecular complexity index is 826. The summed E-state index contributed by atoms with van der Waals surface area (Å²) in [7, 11) is 0. The third kappa shape index (κ3) is 6.01. The van der Waals surface area contributed by atoms with Gasteiger partial charge in [0.2, 0.25) is 0 Å². The zero-order valence-electron chi connectivity index (χ0n) is 16.7. The highest BCUT2D eigenvalue weighted by molar-refractivity contribution is 5.89. The number of benzene rings is 1. The minimum atomic E-state index is -4.40. The average molecular weight is 422 g/mol. The second-order valence-corrected chi connectivity index (χ2v) is 7.16. The van der Waals surface area contributed by atoms with Crippen molar-refractivity contribution in [3.05, 3.63) is 48.2 Å². The summed E-state index contributed by atoms with van der Waals surface area (Å²) in [6.45, 7) is 3.84. The number of alkyl halides is 3. The van der Waals surface area contributed by atoms with E-state index in [0.717, 1.165) is 30.9 Å². The van der Waals surface area contributed by atoms with Gasteiger partial charge in [-0.05, 0) is 49.2 Å². The molecule has 1 aliphatic rings. The standard InChI is InChI=1S/C21H25F3N4O2/c1-2-3-12-30-18-7-5-16(6-8-18)26-20(29)27-17-10-11-28(14-17)19-9-4-15(13-25-19)21(22,23)24/h4-9,13,17H,2-3,10-12,14H2,1H3,(H2,26,27,29). The molecule has 162 valence electrons. The zero-order valence-corrected chi connectivity index (χ0v) is 16.7. The molecule has 1 aromatic carbocycles. The van der Waals surface area contributed by atoms with Crippen molar-refractivity contribution in [1.29, 1.82) is 0 Å². The number of anilines is 2. The first-order chi connectivity index (χ1) is 14.3. The minimum absolute atomic E-state index is 0.120. The maximum atomic E-state index is 12.7. The highest BCUT2D eigenvalue weighted by Gasteiger charge is 2.31. The van der Waals surface area contributed by atoms with E-state index in [0.29, 0.717) is 37.6 Å². The summed E-state index contributed by atoms with van der Waals surface area (Å²) >= 11 is 0. The fourth-order valence-electron chi connectivity index (χ4n) is 3.15. The summed E-state index contributed by atoms with van der Waals surface area (Å²) in [5, 5.41) is 5.67. The summed E-state index contributed by atoms with van der Waals surface area (Å²) in [5.41, 5.74) is -0.129. The number of ether oxygens (including phenoxy) is 1. The maximum Gasteiger partial charge on any atom is 0.417 e. The lowest BCUT2D eigenvalue weighted by molar-refractivity contribution is -0.137. The molecule has 6 nitrogen and oxygen atoms in total. The van der Waals surface area contributed by atoms with E-state index < -0.39 is 11.7 Å². The van der Waals surface area contributed by atoms with Gasteiger partial charge in [0.1, 0.15) is 11.6 Å². The van der Waals surface area contributed by atoms with E-state index in [2.05, 4.69) is 22.5 Å². The highest BCUT2D eigenvalue weighted by atomic mass is 19.4. The predicted octanol–water partition coefficient (Wildman–Crippen LogP) is 4.68. The lowest BCUT2D eigenvalue weighted by Crippen LogP contribution is -2.39. The van der Waals surface area contributed by atoms with Crippen LogP contribution in [0.1, 0.15) is 31.7 Å². The lowest BCUT2D eigenvalue weighted by Gasteiger charge is -2.18. The van der Waals surface area contributed by atoms with Crippen molar-refractivity contribution in [3.8, 4) is 5.75 Å². The molecular formula is C21H25F3N4O2. The number of nitrogens with one attached hydrogen (secondary N) is 2. The van der Waals surface area contributed by atoms with Crippen LogP contribution in [-0.4, -0.2) is 36.8 Å². The van der Waals surface area contributed by atoms with Gasteiger partial charge < -0.3 is 20.3 Å². The molecule has 9 heteroatoms. The molecule has 1 aliphatic heterocycles. The third-order valence-electron chi connectivity index (χ3n) is 4.80. The lowest BCUT2D eigenvalue weighted by atomic mass is 10.2. The number of pyridine rings is 1. The van der Waals surface area contributed by atoms with Gasteiger partial charge in [-0.25, -0.2) is 9.78 Å². The molecule has 0 radical (unpaired) electrons. The number of carbonyl (C=O) groups excluding carboxylic acids is 1. The van der Waals surface area contributed by atoms with Crippen LogP contribution in [0.15, 0.2) is 42.6 Å². The van der Waals surface area contributed by atoms with Crippen LogP contribution in [0, 0.1) is 0 Å². The van der Waals surface area contributed by atoms with Crippen LogP contribution in [0.25, 0.3) is 0 Å². The van der Waals surface area contributed by atoms with Crippen molar-refractivity contribution >= 4 is 17.5 Å². The number of hydrogen-bond acceptors (Lipinski definition) is 4. The Kier molecular flexibility index (Phi) is 7.02. The van der Waals surface area contributed by atoms with Gasteiger partial charge in [0.25, 0.3) is 0 Å². The molecule has 1 saturated heterocycles. The van der Waals surface area contributed by atoms with Crippen LogP contribution in [-0.2, 0) is 6.18 Å². The number of urea groups is 1. The first-order valence-corrected chi connectivity index (χ1v) is 9.93. The quantitative estimate of drug-likeness (QED) is 0.636. The number of aromatic nitrogens is 1. The first-order valence-electron chi connectivity index (χ1n) is 9.93. The fraction of sp³-hybridized carbons (Fsp3) is 0.429. The number of unbranched alkanes of at least 4 members (excludes halogenated alkanes) is 1. The van der Waals surface area contributed by atoms with Crippen molar-refractivity contribution in [2.75, 3.05) is 29.9 Å². The second-order valence-electron chi connectivity index (χ2n) is 7.16. The molecule has 1 atom stereocenters. The van der Waals surface area contributed by atoms with Crippen LogP contribution in [0.4, 0.5) is 29.5 Å². The molecule has 2 N–H and O–H groups in total. The van der Waals surface area contributed by atoms with Gasteiger partial charge in [0.05, 0.1) is 12.2 Å². The van der Waals surface area contributed by atoms with Crippen LogP contribution in [0.2, 0.25) is 0 Å². The SMILES string of the molecule is CCCCOc1ccc(NC(=O)NC2CCN(c3ccc(C(F)(F)F)cn3)C2)cc1. The van der Waals surface area contributed by atoms with Gasteiger partial charge in [-0.1, -0.05) is 13.3 Å². The molecule has 30 heavy (non-hydrogen) atoms. The van der Waals surface area contributed by atoms with Gasteiger partial charge in [-0.15, -0.1) is 0 Å². The van der Waals surface area contributed by atoms with Crippen molar-refractivity contribution in [2.24, 2.45) is 0 Å². The normalized spacial score (nSPS) is 16.4. The average Bonchev–Trinajstić information content (AvgIpc) is 3.17. The Morgan fingerprint density at radius 2 is 2.00 bits per heavy atom. The molecule has 2 aromatic rings. The van der Waals surface area contributed by atoms with Crippen LogP contribution in [0.3, 0.4) is 0 Å². The molecule has 0 spiro atoms. The molecule has 1 unspecified atom stereocenters.